The van der Waals surface area contributed by atoms with Crippen molar-refractivity contribution >= 4 is 11.7 Å². The molecular weight excluding hydrogens is 142 g/mol. The number of carbonyl (C=O) groups excluding carboxylic acids is 1. The van der Waals surface area contributed by atoms with Gasteiger partial charge in [-0.1, -0.05) is 6.58 Å². The molecule has 4 nitrogen and oxygen atoms in total. The van der Waals surface area contributed by atoms with Gasteiger partial charge in [0.1, 0.15) is 5.84 Å². The average molecular weight is 153 g/mol. The maximum absolute atomic E-state index is 10.9. The van der Waals surface area contributed by atoms with Crippen LogP contribution in [0, 0.1) is 0 Å². The number of aliphatic imine (C=N–C) groups is 1. The lowest BCUT2D eigenvalue weighted by molar-refractivity contribution is -0.119. The number of carbonyl (C=O) groups is 1. The Morgan fingerprint density at radius 2 is 2.36 bits per heavy atom. The van der Waals surface area contributed by atoms with E-state index < -0.39 is 0 Å². The third-order valence-electron chi connectivity index (χ3n) is 1.44. The van der Waals surface area contributed by atoms with Crippen molar-refractivity contribution < 1.29 is 4.79 Å². The molecule has 4 heteroatoms. The molecule has 1 fully saturated rings. The molecule has 0 aromatic rings. The van der Waals surface area contributed by atoms with E-state index in [1.54, 1.807) is 7.05 Å². The van der Waals surface area contributed by atoms with Gasteiger partial charge in [0.2, 0.25) is 5.91 Å². The van der Waals surface area contributed by atoms with Crippen LogP contribution >= 0.6 is 0 Å². The molecule has 11 heavy (non-hydrogen) atoms. The molecule has 0 spiro atoms. The Labute approximate surface area is 65.4 Å². The van der Waals surface area contributed by atoms with Crippen LogP contribution in [0.4, 0.5) is 0 Å². The summed E-state index contributed by atoms with van der Waals surface area (Å²) in [6, 6.07) is 0. The van der Waals surface area contributed by atoms with E-state index >= 15 is 0 Å². The minimum absolute atomic E-state index is 0.0128. The second kappa shape index (κ2) is 3.18. The third-order valence-corrected chi connectivity index (χ3v) is 1.44. The van der Waals surface area contributed by atoms with Crippen LogP contribution in [0.25, 0.3) is 0 Å². The first-order valence-corrected chi connectivity index (χ1v) is 3.44. The van der Waals surface area contributed by atoms with Crippen LogP contribution in [0.2, 0.25) is 0 Å². The zero-order valence-electron chi connectivity index (χ0n) is 6.48. The summed E-state index contributed by atoms with van der Waals surface area (Å²) in [7, 11) is 1.66. The van der Waals surface area contributed by atoms with E-state index in [-0.39, 0.29) is 5.91 Å². The Kier molecular flexibility index (Phi) is 2.25. The monoisotopic (exact) mass is 153 g/mol. The Morgan fingerprint density at radius 1 is 1.64 bits per heavy atom. The molecule has 1 amide bonds. The number of nitrogens with zero attached hydrogens (tertiary/aromatic N) is 1. The van der Waals surface area contributed by atoms with Gasteiger partial charge < -0.3 is 10.6 Å². The first-order valence-electron chi connectivity index (χ1n) is 3.44. The van der Waals surface area contributed by atoms with E-state index in [0.29, 0.717) is 24.5 Å². The fourth-order valence-electron chi connectivity index (χ4n) is 0.905. The van der Waals surface area contributed by atoms with Crippen LogP contribution in [-0.4, -0.2) is 25.3 Å². The van der Waals surface area contributed by atoms with E-state index in [2.05, 4.69) is 22.2 Å². The quantitative estimate of drug-likeness (QED) is 0.499. The minimum atomic E-state index is -0.0128. The highest BCUT2D eigenvalue weighted by molar-refractivity contribution is 6.02. The Morgan fingerprint density at radius 3 is 3.00 bits per heavy atom. The normalized spacial score (nSPS) is 22.5. The van der Waals surface area contributed by atoms with Crippen molar-refractivity contribution in [2.75, 3.05) is 13.6 Å². The summed E-state index contributed by atoms with van der Waals surface area (Å²) in [5.41, 5.74) is 0.551. The smallest absolute Gasteiger partial charge is 0.226 e. The van der Waals surface area contributed by atoms with Crippen LogP contribution in [0.15, 0.2) is 17.3 Å². The van der Waals surface area contributed by atoms with Gasteiger partial charge in [-0.2, -0.15) is 0 Å². The fraction of sp³-hybridized carbons (Fsp3) is 0.429. The lowest BCUT2D eigenvalue weighted by Gasteiger charge is -2.04. The summed E-state index contributed by atoms with van der Waals surface area (Å²) >= 11 is 0. The number of nitrogens with one attached hydrogen (secondary N) is 2. The second-order valence-corrected chi connectivity index (χ2v) is 2.28. The van der Waals surface area contributed by atoms with Gasteiger partial charge in [0.05, 0.1) is 5.70 Å². The van der Waals surface area contributed by atoms with Gasteiger partial charge in [0, 0.05) is 20.0 Å². The largest absolute Gasteiger partial charge is 0.368 e. The van der Waals surface area contributed by atoms with Crippen LogP contribution in [-0.2, 0) is 4.79 Å². The number of amides is 1. The van der Waals surface area contributed by atoms with Crippen molar-refractivity contribution in [3.63, 3.8) is 0 Å². The topological polar surface area (TPSA) is 53.5 Å². The van der Waals surface area contributed by atoms with E-state index in [9.17, 15) is 4.79 Å². The minimum Gasteiger partial charge on any atom is -0.368 e. The fourth-order valence-corrected chi connectivity index (χ4v) is 0.905. The van der Waals surface area contributed by atoms with Gasteiger partial charge in [-0.25, -0.2) is 0 Å². The predicted octanol–water partition coefficient (Wildman–Crippen LogP) is -0.362. The standard InChI is InChI=1S/C7H11N3O/c1-5-7(8-2)9-4-3-6(11)10-5/h1,3-4H2,2H3,(H,8,9)(H,10,11). The van der Waals surface area contributed by atoms with Crippen molar-refractivity contribution in [2.24, 2.45) is 4.99 Å². The molecule has 1 aliphatic rings. The number of hydrogen-bond donors (Lipinski definition) is 2. The molecule has 0 saturated carbocycles. The highest BCUT2D eigenvalue weighted by atomic mass is 16.1. The average Bonchev–Trinajstić information content (AvgIpc) is 2.11. The Balaban J connectivity index is 2.73. The third kappa shape index (κ3) is 1.80. The lowest BCUT2D eigenvalue weighted by Crippen LogP contribution is -2.27. The van der Waals surface area contributed by atoms with Gasteiger partial charge in [0.25, 0.3) is 0 Å². The predicted molar refractivity (Wildman–Crippen MR) is 43.3 cm³/mol. The van der Waals surface area contributed by atoms with Gasteiger partial charge >= 0.3 is 0 Å². The maximum Gasteiger partial charge on any atom is 0.226 e. The molecule has 0 unspecified atom stereocenters. The molecule has 0 bridgehead atoms. The molecule has 0 aromatic heterocycles. The van der Waals surface area contributed by atoms with Crippen molar-refractivity contribution in [2.45, 2.75) is 6.42 Å². The van der Waals surface area contributed by atoms with Crippen LogP contribution in [0.5, 0.6) is 0 Å². The number of rotatable bonds is 0. The van der Waals surface area contributed by atoms with Gasteiger partial charge in [-0.15, -0.1) is 0 Å². The second-order valence-electron chi connectivity index (χ2n) is 2.28. The zero-order chi connectivity index (χ0) is 8.27. The number of amidine groups is 1. The van der Waals surface area contributed by atoms with Crippen LogP contribution < -0.4 is 10.6 Å². The maximum atomic E-state index is 10.9. The van der Waals surface area contributed by atoms with E-state index in [1.165, 1.54) is 0 Å². The summed E-state index contributed by atoms with van der Waals surface area (Å²) in [6.07, 6.45) is 0.470. The molecule has 1 saturated heterocycles. The molecule has 1 heterocycles. The first-order chi connectivity index (χ1) is 5.24. The Hall–Kier alpha value is -1.32. The van der Waals surface area contributed by atoms with E-state index in [4.69, 9.17) is 0 Å². The summed E-state index contributed by atoms with van der Waals surface area (Å²) < 4.78 is 0. The molecule has 1 aliphatic heterocycles. The van der Waals surface area contributed by atoms with Crippen molar-refractivity contribution in [1.29, 1.82) is 0 Å². The SMILES string of the molecule is C=C1NC(=O)CCNC1=NC. The summed E-state index contributed by atoms with van der Waals surface area (Å²) in [5, 5.41) is 5.59. The molecule has 0 aliphatic carbocycles. The molecule has 1 rings (SSSR count). The highest BCUT2D eigenvalue weighted by Gasteiger charge is 2.12. The van der Waals surface area contributed by atoms with Gasteiger partial charge in [0.15, 0.2) is 0 Å². The molecule has 0 atom stereocenters. The molecule has 60 valence electrons. The zero-order valence-corrected chi connectivity index (χ0v) is 6.48. The van der Waals surface area contributed by atoms with E-state index in [0.717, 1.165) is 0 Å². The first kappa shape index (κ1) is 7.78. The molecule has 0 aromatic carbocycles. The summed E-state index contributed by atoms with van der Waals surface area (Å²) in [6.45, 7) is 4.27. The molecule has 0 radical (unpaired) electrons. The lowest BCUT2D eigenvalue weighted by atomic mass is 10.4. The van der Waals surface area contributed by atoms with Crippen LogP contribution in [0.3, 0.4) is 0 Å². The Bertz CT molecular complexity index is 220. The van der Waals surface area contributed by atoms with E-state index in [1.807, 2.05) is 0 Å². The molecular formula is C7H11N3O. The van der Waals surface area contributed by atoms with Gasteiger partial charge in [-0.3, -0.25) is 9.79 Å². The van der Waals surface area contributed by atoms with Crippen molar-refractivity contribution in [3.8, 4) is 0 Å². The highest BCUT2D eigenvalue weighted by Crippen LogP contribution is 1.94. The van der Waals surface area contributed by atoms with Crippen molar-refractivity contribution in [3.05, 3.63) is 12.3 Å². The summed E-state index contributed by atoms with van der Waals surface area (Å²) in [4.78, 5) is 14.8. The van der Waals surface area contributed by atoms with Gasteiger partial charge in [-0.05, 0) is 0 Å². The van der Waals surface area contributed by atoms with Crippen molar-refractivity contribution in [1.82, 2.24) is 10.6 Å². The molecule has 2 N–H and O–H groups in total. The van der Waals surface area contributed by atoms with Crippen LogP contribution in [0.1, 0.15) is 6.42 Å². The number of hydrogen-bond acceptors (Lipinski definition) is 2. The summed E-state index contributed by atoms with van der Waals surface area (Å²) in [5.74, 6) is 0.650.